The van der Waals surface area contributed by atoms with Gasteiger partial charge in [-0.1, -0.05) is 6.08 Å². The number of rotatable bonds is 1. The van der Waals surface area contributed by atoms with Crippen LogP contribution in [0.4, 0.5) is 4.79 Å². The lowest BCUT2D eigenvalue weighted by Gasteiger charge is -2.35. The van der Waals surface area contributed by atoms with Crippen LogP contribution in [-0.4, -0.2) is 47.5 Å². The zero-order valence-corrected chi connectivity index (χ0v) is 15.7. The van der Waals surface area contributed by atoms with Crippen LogP contribution in [0.1, 0.15) is 61.8 Å². The predicted molar refractivity (Wildman–Crippen MR) is 91.2 cm³/mol. The molecule has 0 N–H and O–H groups in total. The van der Waals surface area contributed by atoms with E-state index in [0.29, 0.717) is 6.54 Å². The van der Waals surface area contributed by atoms with E-state index in [1.165, 1.54) is 0 Å². The van der Waals surface area contributed by atoms with Crippen molar-refractivity contribution >= 4 is 13.2 Å². The standard InChI is InChI=1S/C17H30BNO4/c1-12-9-10-13(11-19(12)14(20)21-15(2,3)4)18-22-16(5,6)17(7,8)23-18/h10,12H,9,11H2,1-8H3/t12-/m0/s1. The van der Waals surface area contributed by atoms with Crippen molar-refractivity contribution in [2.75, 3.05) is 6.54 Å². The Hall–Kier alpha value is -1.01. The van der Waals surface area contributed by atoms with E-state index in [0.717, 1.165) is 11.9 Å². The number of amides is 1. The molecule has 0 aromatic carbocycles. The van der Waals surface area contributed by atoms with Crippen molar-refractivity contribution in [3.63, 3.8) is 0 Å². The highest BCUT2D eigenvalue weighted by Gasteiger charge is 2.53. The molecule has 23 heavy (non-hydrogen) atoms. The Kier molecular flexibility index (Phi) is 4.64. The van der Waals surface area contributed by atoms with Crippen LogP contribution in [0.3, 0.4) is 0 Å². The van der Waals surface area contributed by atoms with Crippen molar-refractivity contribution in [3.05, 3.63) is 11.5 Å². The van der Waals surface area contributed by atoms with Crippen LogP contribution >= 0.6 is 0 Å². The second-order valence-corrected chi connectivity index (χ2v) is 8.56. The molecule has 1 fully saturated rings. The van der Waals surface area contributed by atoms with E-state index >= 15 is 0 Å². The average Bonchev–Trinajstić information content (AvgIpc) is 2.56. The number of carbonyl (C=O) groups is 1. The molecule has 130 valence electrons. The summed E-state index contributed by atoms with van der Waals surface area (Å²) in [5.74, 6) is 0. The first-order chi connectivity index (χ1) is 10.3. The minimum absolute atomic E-state index is 0.107. The maximum absolute atomic E-state index is 12.4. The summed E-state index contributed by atoms with van der Waals surface area (Å²) in [4.78, 5) is 14.2. The summed E-state index contributed by atoms with van der Waals surface area (Å²) >= 11 is 0. The molecule has 5 nitrogen and oxygen atoms in total. The van der Waals surface area contributed by atoms with Gasteiger partial charge in [0.15, 0.2) is 0 Å². The lowest BCUT2D eigenvalue weighted by molar-refractivity contribution is 0.00578. The number of carbonyl (C=O) groups excluding carboxylic acids is 1. The Morgan fingerprint density at radius 3 is 2.26 bits per heavy atom. The number of hydrogen-bond acceptors (Lipinski definition) is 4. The van der Waals surface area contributed by atoms with Gasteiger partial charge in [0.05, 0.1) is 11.2 Å². The molecule has 0 saturated carbocycles. The third-order valence-corrected chi connectivity index (χ3v) is 4.79. The lowest BCUT2D eigenvalue weighted by atomic mass is 9.75. The summed E-state index contributed by atoms with van der Waals surface area (Å²) in [6, 6.07) is 0.107. The SMILES string of the molecule is C[C@H]1CC=C(B2OC(C)(C)C(C)(C)O2)CN1C(=O)OC(C)(C)C. The molecular formula is C17H30BNO4. The first kappa shape index (κ1) is 18.3. The molecule has 0 spiro atoms. The summed E-state index contributed by atoms with van der Waals surface area (Å²) in [5.41, 5.74) is -0.258. The van der Waals surface area contributed by atoms with E-state index in [1.54, 1.807) is 4.90 Å². The second-order valence-electron chi connectivity index (χ2n) is 8.56. The lowest BCUT2D eigenvalue weighted by Crippen LogP contribution is -2.47. The van der Waals surface area contributed by atoms with Crippen molar-refractivity contribution in [3.8, 4) is 0 Å². The second kappa shape index (κ2) is 5.81. The largest absolute Gasteiger partial charge is 0.492 e. The van der Waals surface area contributed by atoms with Crippen LogP contribution in [-0.2, 0) is 14.0 Å². The zero-order valence-electron chi connectivity index (χ0n) is 15.7. The number of nitrogens with zero attached hydrogens (tertiary/aromatic N) is 1. The number of hydrogen-bond donors (Lipinski definition) is 0. The molecule has 1 atom stereocenters. The molecule has 2 rings (SSSR count). The molecule has 0 radical (unpaired) electrons. The van der Waals surface area contributed by atoms with Crippen molar-refractivity contribution < 1.29 is 18.8 Å². The molecule has 0 aromatic rings. The van der Waals surface area contributed by atoms with Gasteiger partial charge in [0, 0.05) is 12.6 Å². The van der Waals surface area contributed by atoms with Crippen LogP contribution in [0, 0.1) is 0 Å². The minimum Gasteiger partial charge on any atom is -0.444 e. The molecule has 0 aliphatic carbocycles. The molecule has 2 heterocycles. The Bertz CT molecular complexity index is 491. The highest BCUT2D eigenvalue weighted by molar-refractivity contribution is 6.54. The topological polar surface area (TPSA) is 48.0 Å². The average molecular weight is 323 g/mol. The Morgan fingerprint density at radius 1 is 1.26 bits per heavy atom. The first-order valence-electron chi connectivity index (χ1n) is 8.36. The van der Waals surface area contributed by atoms with Crippen molar-refractivity contribution in [2.45, 2.75) is 84.7 Å². The van der Waals surface area contributed by atoms with Gasteiger partial charge < -0.3 is 18.9 Å². The van der Waals surface area contributed by atoms with Gasteiger partial charge in [-0.3, -0.25) is 0 Å². The summed E-state index contributed by atoms with van der Waals surface area (Å²) in [5, 5.41) is 0. The quantitative estimate of drug-likeness (QED) is 0.692. The first-order valence-corrected chi connectivity index (χ1v) is 8.36. The summed E-state index contributed by atoms with van der Waals surface area (Å²) in [6.45, 7) is 16.3. The highest BCUT2D eigenvalue weighted by atomic mass is 16.7. The molecule has 0 aromatic heterocycles. The van der Waals surface area contributed by atoms with Gasteiger partial charge in [0.2, 0.25) is 0 Å². The fraction of sp³-hybridized carbons (Fsp3) is 0.824. The zero-order chi connectivity index (χ0) is 17.6. The minimum atomic E-state index is -0.498. The molecule has 2 aliphatic rings. The Morgan fingerprint density at radius 2 is 1.78 bits per heavy atom. The van der Waals surface area contributed by atoms with Crippen molar-refractivity contribution in [1.29, 1.82) is 0 Å². The van der Waals surface area contributed by atoms with E-state index in [-0.39, 0.29) is 23.3 Å². The van der Waals surface area contributed by atoms with E-state index in [1.807, 2.05) is 55.4 Å². The summed E-state index contributed by atoms with van der Waals surface area (Å²) < 4.78 is 17.7. The maximum atomic E-state index is 12.4. The van der Waals surface area contributed by atoms with Gasteiger partial charge in [0.1, 0.15) is 5.60 Å². The monoisotopic (exact) mass is 323 g/mol. The van der Waals surface area contributed by atoms with Gasteiger partial charge >= 0.3 is 13.2 Å². The molecule has 0 bridgehead atoms. The normalized spacial score (nSPS) is 27.0. The molecule has 1 saturated heterocycles. The van der Waals surface area contributed by atoms with E-state index in [4.69, 9.17) is 14.0 Å². The molecular weight excluding hydrogens is 293 g/mol. The highest BCUT2D eigenvalue weighted by Crippen LogP contribution is 2.39. The molecule has 1 amide bonds. The smallest absolute Gasteiger partial charge is 0.444 e. The van der Waals surface area contributed by atoms with Crippen molar-refractivity contribution in [2.24, 2.45) is 0 Å². The van der Waals surface area contributed by atoms with Crippen LogP contribution in [0.25, 0.3) is 0 Å². The third-order valence-electron chi connectivity index (χ3n) is 4.79. The Balaban J connectivity index is 2.10. The van der Waals surface area contributed by atoms with Crippen LogP contribution in [0.2, 0.25) is 0 Å². The van der Waals surface area contributed by atoms with E-state index < -0.39 is 12.7 Å². The van der Waals surface area contributed by atoms with Crippen LogP contribution in [0.5, 0.6) is 0 Å². The molecule has 6 heteroatoms. The fourth-order valence-corrected chi connectivity index (χ4v) is 2.60. The van der Waals surface area contributed by atoms with Crippen LogP contribution < -0.4 is 0 Å². The predicted octanol–water partition coefficient (Wildman–Crippen LogP) is 3.57. The fourth-order valence-electron chi connectivity index (χ4n) is 2.60. The third kappa shape index (κ3) is 3.91. The van der Waals surface area contributed by atoms with Gasteiger partial charge in [-0.05, 0) is 67.3 Å². The molecule has 2 aliphatic heterocycles. The van der Waals surface area contributed by atoms with E-state index in [2.05, 4.69) is 6.08 Å². The van der Waals surface area contributed by atoms with Gasteiger partial charge in [-0.15, -0.1) is 0 Å². The Labute approximate surface area is 140 Å². The summed E-state index contributed by atoms with van der Waals surface area (Å²) in [6.07, 6.45) is 2.62. The molecule has 0 unspecified atom stereocenters. The van der Waals surface area contributed by atoms with Gasteiger partial charge in [0.25, 0.3) is 0 Å². The summed E-state index contributed by atoms with van der Waals surface area (Å²) in [7, 11) is -0.405. The van der Waals surface area contributed by atoms with E-state index in [9.17, 15) is 4.79 Å². The number of ether oxygens (including phenoxy) is 1. The van der Waals surface area contributed by atoms with Gasteiger partial charge in [-0.2, -0.15) is 0 Å². The van der Waals surface area contributed by atoms with Crippen molar-refractivity contribution in [1.82, 2.24) is 4.90 Å². The maximum Gasteiger partial charge on any atom is 0.492 e. The van der Waals surface area contributed by atoms with Gasteiger partial charge in [-0.25, -0.2) is 4.79 Å². The van der Waals surface area contributed by atoms with Crippen LogP contribution in [0.15, 0.2) is 11.5 Å².